The molecule has 0 bridgehead atoms. The molecule has 6 heteroatoms. The molecule has 0 saturated heterocycles. The molecule has 0 unspecified atom stereocenters. The fraction of sp³-hybridized carbons (Fsp3) is 0.176. The summed E-state index contributed by atoms with van der Waals surface area (Å²) in [5.74, 6) is 1.42. The third-order valence-electron chi connectivity index (χ3n) is 3.21. The van der Waals surface area contributed by atoms with E-state index in [9.17, 15) is 4.79 Å². The maximum atomic E-state index is 12.0. The monoisotopic (exact) mass is 312 g/mol. The Hall–Kier alpha value is -3.02. The number of oxazole rings is 1. The van der Waals surface area contributed by atoms with Gasteiger partial charge in [-0.15, -0.1) is 0 Å². The minimum absolute atomic E-state index is 0.115. The minimum Gasteiger partial charge on any atom is -0.493 e. The Labute approximate surface area is 133 Å². The summed E-state index contributed by atoms with van der Waals surface area (Å²) in [6, 6.07) is 12.5. The summed E-state index contributed by atoms with van der Waals surface area (Å²) in [6.07, 6.45) is 0. The highest BCUT2D eigenvalue weighted by molar-refractivity contribution is 5.93. The van der Waals surface area contributed by atoms with Crippen molar-refractivity contribution in [1.29, 1.82) is 0 Å². The van der Waals surface area contributed by atoms with Crippen molar-refractivity contribution in [2.75, 3.05) is 19.0 Å². The normalized spacial score (nSPS) is 10.5. The van der Waals surface area contributed by atoms with Crippen molar-refractivity contribution < 1.29 is 18.7 Å². The number of hydrogen-bond acceptors (Lipinski definition) is 5. The predicted octanol–water partition coefficient (Wildman–Crippen LogP) is 3.16. The van der Waals surface area contributed by atoms with Crippen LogP contribution < -0.4 is 14.8 Å². The molecule has 3 aromatic rings. The maximum Gasteiger partial charge on any atom is 0.262 e. The van der Waals surface area contributed by atoms with Gasteiger partial charge in [-0.3, -0.25) is 4.79 Å². The van der Waals surface area contributed by atoms with Gasteiger partial charge < -0.3 is 19.2 Å². The highest BCUT2D eigenvalue weighted by Crippen LogP contribution is 2.25. The van der Waals surface area contributed by atoms with Crippen LogP contribution in [0.15, 0.2) is 46.9 Å². The van der Waals surface area contributed by atoms with E-state index in [1.165, 1.54) is 0 Å². The highest BCUT2D eigenvalue weighted by Gasteiger charge is 2.09. The number of nitrogens with zero attached hydrogens (tertiary/aromatic N) is 1. The van der Waals surface area contributed by atoms with E-state index in [1.54, 1.807) is 44.4 Å². The molecule has 6 nitrogen and oxygen atoms in total. The van der Waals surface area contributed by atoms with Crippen LogP contribution in [0.4, 0.5) is 5.69 Å². The third-order valence-corrected chi connectivity index (χ3v) is 3.21. The number of amides is 1. The van der Waals surface area contributed by atoms with Crippen LogP contribution in [0.3, 0.4) is 0 Å². The number of carbonyl (C=O) groups is 1. The number of benzene rings is 2. The molecular weight excluding hydrogens is 296 g/mol. The summed E-state index contributed by atoms with van der Waals surface area (Å²) in [6.45, 7) is 1.66. The Morgan fingerprint density at radius 2 is 2.00 bits per heavy atom. The summed E-state index contributed by atoms with van der Waals surface area (Å²) in [4.78, 5) is 16.2. The quantitative estimate of drug-likeness (QED) is 0.783. The van der Waals surface area contributed by atoms with Gasteiger partial charge in [0.05, 0.1) is 7.11 Å². The molecular formula is C17H16N2O4. The number of fused-ring (bicyclic) bond motifs is 1. The average Bonchev–Trinajstić information content (AvgIpc) is 2.92. The lowest BCUT2D eigenvalue weighted by Gasteiger charge is -2.10. The van der Waals surface area contributed by atoms with Crippen molar-refractivity contribution in [3.8, 4) is 11.5 Å². The van der Waals surface area contributed by atoms with E-state index < -0.39 is 0 Å². The number of para-hydroxylation sites is 2. The van der Waals surface area contributed by atoms with Gasteiger partial charge in [0.2, 0.25) is 0 Å². The number of anilines is 1. The number of aryl methyl sites for hydroxylation is 1. The van der Waals surface area contributed by atoms with E-state index in [1.807, 2.05) is 12.1 Å². The van der Waals surface area contributed by atoms with E-state index in [0.29, 0.717) is 34.2 Å². The smallest absolute Gasteiger partial charge is 0.262 e. The van der Waals surface area contributed by atoms with Crippen LogP contribution in [-0.4, -0.2) is 24.6 Å². The molecule has 23 heavy (non-hydrogen) atoms. The van der Waals surface area contributed by atoms with Gasteiger partial charge >= 0.3 is 0 Å². The van der Waals surface area contributed by atoms with Crippen molar-refractivity contribution >= 4 is 22.7 Å². The van der Waals surface area contributed by atoms with Crippen molar-refractivity contribution in [2.24, 2.45) is 0 Å². The molecule has 0 aliphatic carbocycles. The van der Waals surface area contributed by atoms with Crippen LogP contribution in [0.25, 0.3) is 11.1 Å². The lowest BCUT2D eigenvalue weighted by Crippen LogP contribution is -2.20. The van der Waals surface area contributed by atoms with Gasteiger partial charge in [0.15, 0.2) is 29.6 Å². The highest BCUT2D eigenvalue weighted by atomic mass is 16.5. The molecule has 2 aromatic carbocycles. The van der Waals surface area contributed by atoms with Crippen LogP contribution in [0.2, 0.25) is 0 Å². The molecule has 1 N–H and O–H groups in total. The predicted molar refractivity (Wildman–Crippen MR) is 85.9 cm³/mol. The lowest BCUT2D eigenvalue weighted by molar-refractivity contribution is -0.118. The Morgan fingerprint density at radius 1 is 1.22 bits per heavy atom. The first-order valence-electron chi connectivity index (χ1n) is 7.08. The Morgan fingerprint density at radius 3 is 2.78 bits per heavy atom. The van der Waals surface area contributed by atoms with Gasteiger partial charge in [0.1, 0.15) is 5.52 Å². The van der Waals surface area contributed by atoms with Crippen molar-refractivity contribution in [2.45, 2.75) is 6.92 Å². The van der Waals surface area contributed by atoms with Crippen LogP contribution in [-0.2, 0) is 4.79 Å². The molecule has 0 aliphatic rings. The van der Waals surface area contributed by atoms with Gasteiger partial charge in [-0.1, -0.05) is 12.1 Å². The molecule has 1 amide bonds. The molecule has 3 rings (SSSR count). The van der Waals surface area contributed by atoms with Gasteiger partial charge in [0.25, 0.3) is 5.91 Å². The van der Waals surface area contributed by atoms with Crippen LogP contribution in [0.5, 0.6) is 11.5 Å². The Kier molecular flexibility index (Phi) is 4.14. The molecule has 0 atom stereocenters. The number of hydrogen-bond donors (Lipinski definition) is 1. The molecule has 1 heterocycles. The first kappa shape index (κ1) is 14.9. The second-order valence-corrected chi connectivity index (χ2v) is 4.90. The summed E-state index contributed by atoms with van der Waals surface area (Å²) in [5, 5.41) is 2.76. The second kappa shape index (κ2) is 6.39. The van der Waals surface area contributed by atoms with Crippen LogP contribution >= 0.6 is 0 Å². The van der Waals surface area contributed by atoms with Crippen LogP contribution in [0, 0.1) is 6.92 Å². The van der Waals surface area contributed by atoms with E-state index in [-0.39, 0.29) is 12.5 Å². The number of aromatic nitrogens is 1. The zero-order chi connectivity index (χ0) is 16.2. The number of carbonyl (C=O) groups excluding carboxylic acids is 1. The lowest BCUT2D eigenvalue weighted by atomic mass is 10.3. The van der Waals surface area contributed by atoms with E-state index in [4.69, 9.17) is 13.9 Å². The summed E-state index contributed by atoms with van der Waals surface area (Å²) in [7, 11) is 1.55. The molecule has 118 valence electrons. The SMILES string of the molecule is COc1ccccc1OCC(=O)Nc1ccc2oc(C)nc2c1. The Balaban J connectivity index is 1.64. The van der Waals surface area contributed by atoms with Gasteiger partial charge in [-0.2, -0.15) is 0 Å². The number of nitrogens with one attached hydrogen (secondary N) is 1. The fourth-order valence-corrected chi connectivity index (χ4v) is 2.20. The second-order valence-electron chi connectivity index (χ2n) is 4.90. The van der Waals surface area contributed by atoms with Gasteiger partial charge in [-0.25, -0.2) is 4.98 Å². The standard InChI is InChI=1S/C17H16N2O4/c1-11-18-13-9-12(7-8-14(13)23-11)19-17(20)10-22-16-6-4-3-5-15(16)21-2/h3-9H,10H2,1-2H3,(H,19,20). The largest absolute Gasteiger partial charge is 0.493 e. The first-order chi connectivity index (χ1) is 11.2. The Bertz CT molecular complexity index is 841. The molecule has 0 spiro atoms. The number of ether oxygens (including phenoxy) is 2. The van der Waals surface area contributed by atoms with Crippen molar-refractivity contribution in [3.05, 3.63) is 48.4 Å². The summed E-state index contributed by atoms with van der Waals surface area (Å²) < 4.78 is 16.0. The number of rotatable bonds is 5. The average molecular weight is 312 g/mol. The zero-order valence-electron chi connectivity index (χ0n) is 12.8. The van der Waals surface area contributed by atoms with Crippen molar-refractivity contribution in [3.63, 3.8) is 0 Å². The molecule has 0 aliphatic heterocycles. The first-order valence-corrected chi connectivity index (χ1v) is 7.08. The maximum absolute atomic E-state index is 12.0. The molecule has 0 saturated carbocycles. The van der Waals surface area contributed by atoms with Crippen molar-refractivity contribution in [1.82, 2.24) is 4.98 Å². The van der Waals surface area contributed by atoms with E-state index in [0.717, 1.165) is 0 Å². The summed E-state index contributed by atoms with van der Waals surface area (Å²) in [5.41, 5.74) is 2.02. The van der Waals surface area contributed by atoms with Gasteiger partial charge in [0, 0.05) is 12.6 Å². The molecule has 0 radical (unpaired) electrons. The minimum atomic E-state index is -0.268. The number of methoxy groups -OCH3 is 1. The zero-order valence-corrected chi connectivity index (χ0v) is 12.8. The van der Waals surface area contributed by atoms with Crippen LogP contribution in [0.1, 0.15) is 5.89 Å². The fourth-order valence-electron chi connectivity index (χ4n) is 2.20. The van der Waals surface area contributed by atoms with Gasteiger partial charge in [-0.05, 0) is 30.3 Å². The summed E-state index contributed by atoms with van der Waals surface area (Å²) >= 11 is 0. The third kappa shape index (κ3) is 3.42. The van der Waals surface area contributed by atoms with E-state index in [2.05, 4.69) is 10.3 Å². The van der Waals surface area contributed by atoms with E-state index >= 15 is 0 Å². The molecule has 0 fully saturated rings. The topological polar surface area (TPSA) is 73.6 Å². The molecule has 1 aromatic heterocycles.